The lowest BCUT2D eigenvalue weighted by molar-refractivity contribution is -0.115. The van der Waals surface area contributed by atoms with Gasteiger partial charge in [0.15, 0.2) is 9.84 Å². The van der Waals surface area contributed by atoms with Crippen molar-refractivity contribution in [3.05, 3.63) is 95.6 Å². The van der Waals surface area contributed by atoms with Crippen LogP contribution in [0.1, 0.15) is 41.4 Å². The zero-order valence-corrected chi connectivity index (χ0v) is 19.8. The maximum absolute atomic E-state index is 12.8. The Morgan fingerprint density at radius 2 is 1.52 bits per heavy atom. The summed E-state index contributed by atoms with van der Waals surface area (Å²) < 4.78 is 23.8. The summed E-state index contributed by atoms with van der Waals surface area (Å²) in [7, 11) is -1.49. The fraction of sp³-hybridized carbons (Fsp3) is 0.231. The second kappa shape index (κ2) is 10.4. The Kier molecular flexibility index (Phi) is 7.66. The fourth-order valence-corrected chi connectivity index (χ4v) is 4.29. The lowest BCUT2D eigenvalue weighted by Gasteiger charge is -2.25. The average Bonchev–Trinajstić information content (AvgIpc) is 2.84. The topological polar surface area (TPSA) is 83.5 Å². The number of benzene rings is 3. The van der Waals surface area contributed by atoms with E-state index in [9.17, 15) is 18.0 Å². The fourth-order valence-electron chi connectivity index (χ4n) is 3.40. The van der Waals surface area contributed by atoms with Crippen molar-refractivity contribution in [2.75, 3.05) is 18.1 Å². The molecule has 0 fully saturated rings. The van der Waals surface area contributed by atoms with E-state index in [0.717, 1.165) is 5.56 Å². The Morgan fingerprint density at radius 1 is 0.909 bits per heavy atom. The molecule has 3 aromatic carbocycles. The minimum absolute atomic E-state index is 0.0340. The van der Waals surface area contributed by atoms with Crippen molar-refractivity contribution in [2.24, 2.45) is 0 Å². The van der Waals surface area contributed by atoms with Crippen molar-refractivity contribution in [2.45, 2.75) is 31.2 Å². The predicted octanol–water partition coefficient (Wildman–Crippen LogP) is 4.49. The molecule has 172 valence electrons. The normalized spacial score (nSPS) is 12.1. The maximum atomic E-state index is 12.8. The van der Waals surface area contributed by atoms with Crippen molar-refractivity contribution in [3.8, 4) is 0 Å². The monoisotopic (exact) mass is 464 g/mol. The van der Waals surface area contributed by atoms with E-state index in [1.54, 1.807) is 55.3 Å². The number of rotatable bonds is 8. The van der Waals surface area contributed by atoms with Gasteiger partial charge in [-0.2, -0.15) is 0 Å². The van der Waals surface area contributed by atoms with E-state index in [1.165, 1.54) is 12.1 Å². The largest absolute Gasteiger partial charge is 0.335 e. The first-order valence-electron chi connectivity index (χ1n) is 10.7. The van der Waals surface area contributed by atoms with Gasteiger partial charge in [0.05, 0.1) is 23.1 Å². The highest BCUT2D eigenvalue weighted by atomic mass is 32.2. The van der Waals surface area contributed by atoms with Crippen LogP contribution in [0.15, 0.2) is 83.8 Å². The first-order chi connectivity index (χ1) is 15.7. The molecule has 0 radical (unpaired) electrons. The third-order valence-corrected chi connectivity index (χ3v) is 7.38. The second-order valence-electron chi connectivity index (χ2n) is 7.85. The van der Waals surface area contributed by atoms with Crippen LogP contribution in [0.4, 0.5) is 5.69 Å². The molecule has 0 aliphatic carbocycles. The molecule has 6 nitrogen and oxygen atoms in total. The van der Waals surface area contributed by atoms with E-state index >= 15 is 0 Å². The van der Waals surface area contributed by atoms with Crippen LogP contribution in [0, 0.1) is 0 Å². The Labute approximate surface area is 195 Å². The number of amides is 2. The number of sulfone groups is 1. The van der Waals surface area contributed by atoms with Crippen molar-refractivity contribution in [1.82, 2.24) is 4.90 Å². The molecule has 0 saturated carbocycles. The maximum Gasteiger partial charge on any atom is 0.254 e. The summed E-state index contributed by atoms with van der Waals surface area (Å²) >= 11 is 0. The van der Waals surface area contributed by atoms with Gasteiger partial charge in [0.2, 0.25) is 5.91 Å². The molecule has 0 aliphatic rings. The highest BCUT2D eigenvalue weighted by Crippen LogP contribution is 2.21. The van der Waals surface area contributed by atoms with Gasteiger partial charge in [0.1, 0.15) is 0 Å². The number of carbonyl (C=O) groups excluding carboxylic acids is 2. The van der Waals surface area contributed by atoms with Gasteiger partial charge in [-0.05, 0) is 54.4 Å². The van der Waals surface area contributed by atoms with Gasteiger partial charge < -0.3 is 10.2 Å². The van der Waals surface area contributed by atoms with E-state index in [-0.39, 0.29) is 34.9 Å². The summed E-state index contributed by atoms with van der Waals surface area (Å²) in [6.07, 6.45) is 0.116. The smallest absolute Gasteiger partial charge is 0.254 e. The molecule has 0 saturated heterocycles. The average molecular weight is 465 g/mol. The summed E-state index contributed by atoms with van der Waals surface area (Å²) in [5.41, 5.74) is 2.88. The molecule has 0 aliphatic heterocycles. The van der Waals surface area contributed by atoms with Crippen LogP contribution in [0.3, 0.4) is 0 Å². The number of anilines is 1. The quantitative estimate of drug-likeness (QED) is 0.532. The van der Waals surface area contributed by atoms with Gasteiger partial charge in [-0.25, -0.2) is 8.42 Å². The Hall–Kier alpha value is -3.45. The van der Waals surface area contributed by atoms with Crippen LogP contribution in [0.2, 0.25) is 0 Å². The molecule has 33 heavy (non-hydrogen) atoms. The Morgan fingerprint density at radius 3 is 2.09 bits per heavy atom. The highest BCUT2D eigenvalue weighted by molar-refractivity contribution is 7.91. The molecular formula is C26H28N2O4S. The van der Waals surface area contributed by atoms with Gasteiger partial charge >= 0.3 is 0 Å². The molecule has 0 unspecified atom stereocenters. The van der Waals surface area contributed by atoms with Gasteiger partial charge in [0, 0.05) is 18.3 Å². The van der Waals surface area contributed by atoms with Crippen molar-refractivity contribution in [1.29, 1.82) is 0 Å². The number of hydrogen-bond donors (Lipinski definition) is 1. The Bertz CT molecular complexity index is 1210. The minimum atomic E-state index is -3.26. The molecule has 2 amide bonds. The van der Waals surface area contributed by atoms with Gasteiger partial charge in [0.25, 0.3) is 5.91 Å². The van der Waals surface area contributed by atoms with Crippen LogP contribution >= 0.6 is 0 Å². The molecule has 7 heteroatoms. The lowest BCUT2D eigenvalue weighted by Crippen LogP contribution is -2.29. The third kappa shape index (κ3) is 6.08. The van der Waals surface area contributed by atoms with Crippen molar-refractivity contribution >= 4 is 27.3 Å². The van der Waals surface area contributed by atoms with E-state index in [1.807, 2.05) is 37.3 Å². The first kappa shape index (κ1) is 24.2. The summed E-state index contributed by atoms with van der Waals surface area (Å²) in [6.45, 7) is 3.57. The third-order valence-electron chi connectivity index (χ3n) is 5.63. The molecule has 3 rings (SSSR count). The van der Waals surface area contributed by atoms with Crippen LogP contribution in [0.5, 0.6) is 0 Å². The lowest BCUT2D eigenvalue weighted by atomic mass is 10.1. The van der Waals surface area contributed by atoms with Crippen molar-refractivity contribution in [3.63, 3.8) is 0 Å². The van der Waals surface area contributed by atoms with Crippen LogP contribution in [-0.2, 0) is 21.1 Å². The summed E-state index contributed by atoms with van der Waals surface area (Å²) in [6, 6.07) is 22.9. The second-order valence-corrected chi connectivity index (χ2v) is 10.1. The zero-order chi connectivity index (χ0) is 24.0. The number of nitrogens with one attached hydrogen (secondary N) is 1. The standard InChI is InChI=1S/C26H28N2O4S/c1-4-33(31,32)24-16-10-20(11-17-24)18-25(29)27-23-14-12-22(13-15-23)26(30)28(3)19(2)21-8-6-5-7-9-21/h5-17,19H,4,18H2,1-3H3,(H,27,29)/t19-/m1/s1. The van der Waals surface area contributed by atoms with E-state index < -0.39 is 9.84 Å². The summed E-state index contributed by atoms with van der Waals surface area (Å²) in [5.74, 6) is -0.298. The molecule has 0 heterocycles. The molecule has 1 atom stereocenters. The van der Waals surface area contributed by atoms with Crippen LogP contribution < -0.4 is 5.32 Å². The minimum Gasteiger partial charge on any atom is -0.335 e. The van der Waals surface area contributed by atoms with Crippen LogP contribution in [-0.4, -0.2) is 37.9 Å². The summed E-state index contributed by atoms with van der Waals surface area (Å²) in [4.78, 5) is 27.2. The SMILES string of the molecule is CCS(=O)(=O)c1ccc(CC(=O)Nc2ccc(C(=O)N(C)[C@H](C)c3ccccc3)cc2)cc1. The number of hydrogen-bond acceptors (Lipinski definition) is 4. The number of carbonyl (C=O) groups is 2. The van der Waals surface area contributed by atoms with E-state index in [4.69, 9.17) is 0 Å². The van der Waals surface area contributed by atoms with Crippen molar-refractivity contribution < 1.29 is 18.0 Å². The molecular weight excluding hydrogens is 436 g/mol. The highest BCUT2D eigenvalue weighted by Gasteiger charge is 2.19. The van der Waals surface area contributed by atoms with Gasteiger partial charge in [-0.15, -0.1) is 0 Å². The number of nitrogens with zero attached hydrogens (tertiary/aromatic N) is 1. The van der Waals surface area contributed by atoms with E-state index in [0.29, 0.717) is 16.8 Å². The predicted molar refractivity (Wildman–Crippen MR) is 130 cm³/mol. The van der Waals surface area contributed by atoms with Gasteiger partial charge in [-0.1, -0.05) is 49.4 Å². The molecule has 0 spiro atoms. The molecule has 1 N–H and O–H groups in total. The summed E-state index contributed by atoms with van der Waals surface area (Å²) in [5, 5.41) is 2.81. The molecule has 0 bridgehead atoms. The van der Waals surface area contributed by atoms with Gasteiger partial charge in [-0.3, -0.25) is 9.59 Å². The first-order valence-corrected chi connectivity index (χ1v) is 12.4. The van der Waals surface area contributed by atoms with Crippen LogP contribution in [0.25, 0.3) is 0 Å². The van der Waals surface area contributed by atoms with E-state index in [2.05, 4.69) is 5.32 Å². The zero-order valence-electron chi connectivity index (χ0n) is 19.0. The Balaban J connectivity index is 1.60. The molecule has 3 aromatic rings. The molecule has 0 aromatic heterocycles.